The van der Waals surface area contributed by atoms with Crippen molar-refractivity contribution in [2.24, 2.45) is 11.8 Å². The average molecular weight is 325 g/mol. The first-order valence-electron chi connectivity index (χ1n) is 7.64. The second-order valence-electron chi connectivity index (χ2n) is 6.33. The number of rotatable bonds is 4. The standard InChI is InChI=1S/C16H23NO4S/c1-9(2)17(12-6-7-22-14(12)16(20)21)15(19)11-5-4-10(3)8-13(11)18/h6-7,9-11,13,18H,4-5,8H2,1-3H3,(H,20,21). The van der Waals surface area contributed by atoms with E-state index in [1.54, 1.807) is 11.4 Å². The maximum atomic E-state index is 12.9. The molecule has 0 aliphatic heterocycles. The summed E-state index contributed by atoms with van der Waals surface area (Å²) in [4.78, 5) is 25.9. The Kier molecular flexibility index (Phi) is 5.24. The molecule has 122 valence electrons. The van der Waals surface area contributed by atoms with Gasteiger partial charge >= 0.3 is 5.97 Å². The molecular weight excluding hydrogens is 302 g/mol. The normalized spacial score (nSPS) is 25.2. The van der Waals surface area contributed by atoms with Crippen molar-refractivity contribution in [2.45, 2.75) is 52.2 Å². The molecule has 0 bridgehead atoms. The highest BCUT2D eigenvalue weighted by atomic mass is 32.1. The highest BCUT2D eigenvalue weighted by Gasteiger charge is 2.37. The van der Waals surface area contributed by atoms with Gasteiger partial charge in [0.05, 0.1) is 17.7 Å². The monoisotopic (exact) mass is 325 g/mol. The van der Waals surface area contributed by atoms with Gasteiger partial charge in [0, 0.05) is 6.04 Å². The fourth-order valence-electron chi connectivity index (χ4n) is 3.12. The van der Waals surface area contributed by atoms with Gasteiger partial charge in [0.2, 0.25) is 5.91 Å². The lowest BCUT2D eigenvalue weighted by Gasteiger charge is -2.36. The Morgan fingerprint density at radius 1 is 1.36 bits per heavy atom. The molecule has 1 saturated carbocycles. The second-order valence-corrected chi connectivity index (χ2v) is 7.25. The van der Waals surface area contributed by atoms with Crippen molar-refractivity contribution >= 4 is 28.9 Å². The van der Waals surface area contributed by atoms with E-state index < -0.39 is 18.0 Å². The van der Waals surface area contributed by atoms with E-state index >= 15 is 0 Å². The van der Waals surface area contributed by atoms with Crippen molar-refractivity contribution in [3.63, 3.8) is 0 Å². The van der Waals surface area contributed by atoms with E-state index in [4.69, 9.17) is 0 Å². The van der Waals surface area contributed by atoms with Gasteiger partial charge in [-0.05, 0) is 50.5 Å². The number of carboxylic acids is 1. The lowest BCUT2D eigenvalue weighted by molar-refractivity contribution is -0.128. The van der Waals surface area contributed by atoms with Crippen molar-refractivity contribution in [2.75, 3.05) is 4.90 Å². The Morgan fingerprint density at radius 2 is 2.05 bits per heavy atom. The zero-order chi connectivity index (χ0) is 16.4. The smallest absolute Gasteiger partial charge is 0.348 e. The number of amides is 1. The first-order chi connectivity index (χ1) is 10.3. The maximum absolute atomic E-state index is 12.9. The van der Waals surface area contributed by atoms with E-state index in [1.165, 1.54) is 4.90 Å². The first-order valence-corrected chi connectivity index (χ1v) is 8.52. The number of aliphatic hydroxyl groups excluding tert-OH is 1. The third kappa shape index (κ3) is 3.33. The van der Waals surface area contributed by atoms with Crippen LogP contribution in [0.15, 0.2) is 11.4 Å². The van der Waals surface area contributed by atoms with Gasteiger partial charge in [-0.25, -0.2) is 4.79 Å². The molecule has 0 aromatic carbocycles. The highest BCUT2D eigenvalue weighted by Crippen LogP contribution is 2.34. The Balaban J connectivity index is 2.30. The van der Waals surface area contributed by atoms with Gasteiger partial charge in [0.1, 0.15) is 4.88 Å². The molecule has 1 aromatic heterocycles. The number of hydrogen-bond acceptors (Lipinski definition) is 4. The summed E-state index contributed by atoms with van der Waals surface area (Å²) >= 11 is 1.11. The van der Waals surface area contributed by atoms with Gasteiger partial charge in [0.15, 0.2) is 0 Å². The van der Waals surface area contributed by atoms with E-state index in [-0.39, 0.29) is 16.8 Å². The van der Waals surface area contributed by atoms with Gasteiger partial charge in [-0.2, -0.15) is 0 Å². The van der Waals surface area contributed by atoms with E-state index in [0.29, 0.717) is 24.4 Å². The van der Waals surface area contributed by atoms with Crippen LogP contribution >= 0.6 is 11.3 Å². The van der Waals surface area contributed by atoms with E-state index in [2.05, 4.69) is 6.92 Å². The number of aliphatic hydroxyl groups is 1. The average Bonchev–Trinajstić information content (AvgIpc) is 2.87. The summed E-state index contributed by atoms with van der Waals surface area (Å²) in [6, 6.07) is 1.51. The van der Waals surface area contributed by atoms with Crippen molar-refractivity contribution in [3.8, 4) is 0 Å². The summed E-state index contributed by atoms with van der Waals surface area (Å²) in [6.45, 7) is 5.80. The molecule has 2 N–H and O–H groups in total. The van der Waals surface area contributed by atoms with Crippen LogP contribution in [0.1, 0.15) is 49.7 Å². The zero-order valence-electron chi connectivity index (χ0n) is 13.2. The number of thiophene rings is 1. The predicted molar refractivity (Wildman–Crippen MR) is 86.4 cm³/mol. The summed E-state index contributed by atoms with van der Waals surface area (Å²) in [7, 11) is 0. The lowest BCUT2D eigenvalue weighted by atomic mass is 9.80. The minimum atomic E-state index is -1.03. The maximum Gasteiger partial charge on any atom is 0.348 e. The molecule has 1 heterocycles. The van der Waals surface area contributed by atoms with Crippen LogP contribution in [0.4, 0.5) is 5.69 Å². The van der Waals surface area contributed by atoms with Crippen LogP contribution < -0.4 is 4.90 Å². The van der Waals surface area contributed by atoms with E-state index in [1.807, 2.05) is 13.8 Å². The molecule has 0 saturated heterocycles. The molecule has 1 amide bonds. The van der Waals surface area contributed by atoms with Gasteiger partial charge in [-0.1, -0.05) is 6.92 Å². The molecule has 22 heavy (non-hydrogen) atoms. The minimum Gasteiger partial charge on any atom is -0.477 e. The molecule has 0 spiro atoms. The predicted octanol–water partition coefficient (Wildman–Crippen LogP) is 2.98. The lowest BCUT2D eigenvalue weighted by Crippen LogP contribution is -2.46. The third-order valence-corrected chi connectivity index (χ3v) is 5.14. The molecule has 1 fully saturated rings. The van der Waals surface area contributed by atoms with Crippen LogP contribution in [0.25, 0.3) is 0 Å². The van der Waals surface area contributed by atoms with Crippen LogP contribution in [0.3, 0.4) is 0 Å². The first kappa shape index (κ1) is 17.0. The Labute approximate surface area is 134 Å². The molecule has 5 nitrogen and oxygen atoms in total. The van der Waals surface area contributed by atoms with Crippen LogP contribution in [-0.4, -0.2) is 34.2 Å². The summed E-state index contributed by atoms with van der Waals surface area (Å²) in [5, 5.41) is 21.2. The number of hydrogen-bond donors (Lipinski definition) is 2. The summed E-state index contributed by atoms with van der Waals surface area (Å²) < 4.78 is 0. The minimum absolute atomic E-state index is 0.160. The number of aromatic carboxylic acids is 1. The third-order valence-electron chi connectivity index (χ3n) is 4.25. The molecule has 6 heteroatoms. The number of anilines is 1. The van der Waals surface area contributed by atoms with Crippen LogP contribution in [0.5, 0.6) is 0 Å². The van der Waals surface area contributed by atoms with Crippen LogP contribution in [0, 0.1) is 11.8 Å². The Bertz CT molecular complexity index is 554. The fraction of sp³-hybridized carbons (Fsp3) is 0.625. The Hall–Kier alpha value is -1.40. The quantitative estimate of drug-likeness (QED) is 0.892. The van der Waals surface area contributed by atoms with Gasteiger partial charge < -0.3 is 15.1 Å². The van der Waals surface area contributed by atoms with Gasteiger partial charge in [0.25, 0.3) is 0 Å². The molecule has 3 unspecified atom stereocenters. The zero-order valence-corrected chi connectivity index (χ0v) is 14.0. The van der Waals surface area contributed by atoms with Crippen molar-refractivity contribution in [1.82, 2.24) is 0 Å². The molecule has 3 atom stereocenters. The Morgan fingerprint density at radius 3 is 2.59 bits per heavy atom. The number of carbonyl (C=O) groups excluding carboxylic acids is 1. The van der Waals surface area contributed by atoms with Gasteiger partial charge in [-0.15, -0.1) is 11.3 Å². The SMILES string of the molecule is CC1CCC(C(=O)N(c2ccsc2C(=O)O)C(C)C)C(O)C1. The fourth-order valence-corrected chi connectivity index (χ4v) is 3.84. The largest absolute Gasteiger partial charge is 0.477 e. The molecule has 0 radical (unpaired) electrons. The van der Waals surface area contributed by atoms with Crippen LogP contribution in [-0.2, 0) is 4.79 Å². The number of nitrogens with zero attached hydrogens (tertiary/aromatic N) is 1. The highest BCUT2D eigenvalue weighted by molar-refractivity contribution is 7.12. The number of carbonyl (C=O) groups is 2. The van der Waals surface area contributed by atoms with Gasteiger partial charge in [-0.3, -0.25) is 4.79 Å². The summed E-state index contributed by atoms with van der Waals surface area (Å²) in [6.07, 6.45) is 1.54. The molecule has 1 aromatic rings. The van der Waals surface area contributed by atoms with Crippen molar-refractivity contribution in [3.05, 3.63) is 16.3 Å². The van der Waals surface area contributed by atoms with E-state index in [0.717, 1.165) is 17.8 Å². The second kappa shape index (κ2) is 6.79. The van der Waals surface area contributed by atoms with Crippen molar-refractivity contribution in [1.29, 1.82) is 0 Å². The summed E-state index contributed by atoms with van der Waals surface area (Å²) in [5.74, 6) is -1.22. The molecule has 1 aliphatic carbocycles. The van der Waals surface area contributed by atoms with Crippen LogP contribution in [0.2, 0.25) is 0 Å². The molecular formula is C16H23NO4S. The summed E-state index contributed by atoms with van der Waals surface area (Å²) in [5.41, 5.74) is 0.434. The number of carboxylic acid groups (broad SMARTS) is 1. The molecule has 1 aliphatic rings. The van der Waals surface area contributed by atoms with E-state index in [9.17, 15) is 19.8 Å². The topological polar surface area (TPSA) is 77.8 Å². The van der Waals surface area contributed by atoms with Crippen molar-refractivity contribution < 1.29 is 19.8 Å². The molecule has 2 rings (SSSR count).